The van der Waals surface area contributed by atoms with Crippen molar-refractivity contribution in [3.8, 4) is 0 Å². The maximum atomic E-state index is 12.6. The van der Waals surface area contributed by atoms with Gasteiger partial charge in [-0.1, -0.05) is 0 Å². The Balaban J connectivity index is 1.64. The van der Waals surface area contributed by atoms with E-state index in [4.69, 9.17) is 9.05 Å². The second-order valence-corrected chi connectivity index (χ2v) is 9.07. The maximum Gasteiger partial charge on any atom is 0.330 e. The van der Waals surface area contributed by atoms with Crippen LogP contribution in [-0.2, 0) is 13.6 Å². The summed E-state index contributed by atoms with van der Waals surface area (Å²) >= 11 is 0. The highest BCUT2D eigenvalue weighted by Gasteiger charge is 2.32. The summed E-state index contributed by atoms with van der Waals surface area (Å²) in [4.78, 5) is 11.2. The Morgan fingerprint density at radius 2 is 1.77 bits per heavy atom. The Kier molecular flexibility index (Phi) is 5.96. The zero-order valence-corrected chi connectivity index (χ0v) is 17.0. The highest BCUT2D eigenvalue weighted by molar-refractivity contribution is 7.53. The molecule has 26 heavy (non-hydrogen) atoms. The molecule has 0 saturated carbocycles. The molecule has 1 aliphatic rings. The largest absolute Gasteiger partial charge is 0.355 e. The third-order valence-electron chi connectivity index (χ3n) is 4.95. The van der Waals surface area contributed by atoms with Gasteiger partial charge in [0.05, 0.1) is 24.9 Å². The second kappa shape index (κ2) is 8.03. The van der Waals surface area contributed by atoms with E-state index in [1.54, 1.807) is 6.33 Å². The number of rotatable bonds is 8. The van der Waals surface area contributed by atoms with Gasteiger partial charge in [-0.3, -0.25) is 4.57 Å². The van der Waals surface area contributed by atoms with Crippen molar-refractivity contribution in [3.63, 3.8) is 0 Å². The van der Waals surface area contributed by atoms with Crippen LogP contribution in [0.3, 0.4) is 0 Å². The van der Waals surface area contributed by atoms with Crippen molar-refractivity contribution < 1.29 is 13.6 Å². The smallest absolute Gasteiger partial charge is 0.330 e. The molecular formula is C19H28N3O3P. The predicted octanol–water partition coefficient (Wildman–Crippen LogP) is 4.34. The van der Waals surface area contributed by atoms with E-state index in [0.29, 0.717) is 25.3 Å². The lowest BCUT2D eigenvalue weighted by molar-refractivity contribution is 0.217. The molecule has 0 N–H and O–H groups in total. The lowest BCUT2D eigenvalue weighted by atomic mass is 9.96. The minimum Gasteiger partial charge on any atom is -0.355 e. The van der Waals surface area contributed by atoms with Crippen LogP contribution in [0.2, 0.25) is 0 Å². The van der Waals surface area contributed by atoms with E-state index in [0.717, 1.165) is 36.2 Å². The standard InChI is InChI=1S/C19H28N3O3P/c1-5-24-26(23,25-6-2)8-7-16-11-22(12-16)19-17-9-14(3)15(4)10-18(17)20-13-21-19/h9-10,13,16H,5-8,11-12H2,1-4H3. The molecular weight excluding hydrogens is 349 g/mol. The molecule has 142 valence electrons. The van der Waals surface area contributed by atoms with E-state index in [1.165, 1.54) is 11.1 Å². The van der Waals surface area contributed by atoms with Gasteiger partial charge in [0.25, 0.3) is 0 Å². The van der Waals surface area contributed by atoms with Gasteiger partial charge in [0.15, 0.2) is 0 Å². The number of anilines is 1. The van der Waals surface area contributed by atoms with Crippen molar-refractivity contribution in [3.05, 3.63) is 29.6 Å². The quantitative estimate of drug-likeness (QED) is 0.638. The summed E-state index contributed by atoms with van der Waals surface area (Å²) in [5.41, 5.74) is 3.48. The average Bonchev–Trinajstić information content (AvgIpc) is 2.55. The van der Waals surface area contributed by atoms with Crippen LogP contribution in [0.4, 0.5) is 5.82 Å². The number of aromatic nitrogens is 2. The first-order chi connectivity index (χ1) is 12.5. The minimum absolute atomic E-state index is 0.416. The van der Waals surface area contributed by atoms with E-state index in [2.05, 4.69) is 40.8 Å². The summed E-state index contributed by atoms with van der Waals surface area (Å²) in [6, 6.07) is 4.29. The van der Waals surface area contributed by atoms with Crippen LogP contribution in [-0.4, -0.2) is 42.4 Å². The molecule has 0 radical (unpaired) electrons. The second-order valence-electron chi connectivity index (χ2n) is 6.88. The first-order valence-electron chi connectivity index (χ1n) is 9.30. The van der Waals surface area contributed by atoms with E-state index in [1.807, 2.05) is 13.8 Å². The molecule has 0 amide bonds. The third kappa shape index (κ3) is 4.08. The average molecular weight is 377 g/mol. The monoisotopic (exact) mass is 377 g/mol. The van der Waals surface area contributed by atoms with E-state index < -0.39 is 7.60 Å². The van der Waals surface area contributed by atoms with Crippen molar-refractivity contribution in [2.75, 3.05) is 37.4 Å². The van der Waals surface area contributed by atoms with Crippen molar-refractivity contribution >= 4 is 24.3 Å². The number of fused-ring (bicyclic) bond motifs is 1. The Bertz CT molecular complexity index is 811. The molecule has 1 aromatic carbocycles. The summed E-state index contributed by atoms with van der Waals surface area (Å²) in [5.74, 6) is 1.48. The first-order valence-corrected chi connectivity index (χ1v) is 11.0. The van der Waals surface area contributed by atoms with Crippen LogP contribution in [0.25, 0.3) is 10.9 Å². The fourth-order valence-corrected chi connectivity index (χ4v) is 5.18. The van der Waals surface area contributed by atoms with Crippen LogP contribution in [0.1, 0.15) is 31.4 Å². The maximum absolute atomic E-state index is 12.6. The van der Waals surface area contributed by atoms with Gasteiger partial charge < -0.3 is 13.9 Å². The van der Waals surface area contributed by atoms with Crippen LogP contribution >= 0.6 is 7.60 Å². The number of aryl methyl sites for hydroxylation is 2. The molecule has 1 aromatic heterocycles. The SMILES string of the molecule is CCOP(=O)(CCC1CN(c2ncnc3cc(C)c(C)cc23)C1)OCC. The molecule has 0 aliphatic carbocycles. The third-order valence-corrected chi connectivity index (χ3v) is 7.06. The summed E-state index contributed by atoms with van der Waals surface area (Å²) in [6.07, 6.45) is 2.96. The fourth-order valence-electron chi connectivity index (χ4n) is 3.38. The van der Waals surface area contributed by atoms with Gasteiger partial charge in [0.2, 0.25) is 0 Å². The number of hydrogen-bond donors (Lipinski definition) is 0. The van der Waals surface area contributed by atoms with Crippen molar-refractivity contribution in [2.45, 2.75) is 34.1 Å². The van der Waals surface area contributed by atoms with Gasteiger partial charge in [-0.15, -0.1) is 0 Å². The molecule has 0 unspecified atom stereocenters. The number of benzene rings is 1. The molecule has 1 aliphatic heterocycles. The van der Waals surface area contributed by atoms with Gasteiger partial charge in [-0.05, 0) is 63.3 Å². The van der Waals surface area contributed by atoms with E-state index in [-0.39, 0.29) is 0 Å². The zero-order valence-electron chi connectivity index (χ0n) is 16.1. The molecule has 0 bridgehead atoms. The summed E-state index contributed by atoms with van der Waals surface area (Å²) in [6.45, 7) is 10.6. The zero-order chi connectivity index (χ0) is 18.7. The molecule has 6 nitrogen and oxygen atoms in total. The van der Waals surface area contributed by atoms with Crippen molar-refractivity contribution in [2.24, 2.45) is 5.92 Å². The van der Waals surface area contributed by atoms with Crippen molar-refractivity contribution in [1.29, 1.82) is 0 Å². The Hall–Kier alpha value is -1.49. The lowest BCUT2D eigenvalue weighted by Gasteiger charge is -2.41. The van der Waals surface area contributed by atoms with Crippen molar-refractivity contribution in [1.82, 2.24) is 9.97 Å². The summed E-state index contributed by atoms with van der Waals surface area (Å²) < 4.78 is 23.3. The molecule has 0 spiro atoms. The van der Waals surface area contributed by atoms with Gasteiger partial charge in [0, 0.05) is 18.5 Å². The van der Waals surface area contributed by atoms with Gasteiger partial charge >= 0.3 is 7.60 Å². The van der Waals surface area contributed by atoms with Gasteiger partial charge in [-0.25, -0.2) is 9.97 Å². The normalized spacial score (nSPS) is 15.5. The minimum atomic E-state index is -2.94. The fraction of sp³-hybridized carbons (Fsp3) is 0.579. The van der Waals surface area contributed by atoms with E-state index in [9.17, 15) is 4.57 Å². The molecule has 2 heterocycles. The van der Waals surface area contributed by atoms with Crippen LogP contribution in [0, 0.1) is 19.8 Å². The molecule has 2 aromatic rings. The molecule has 3 rings (SSSR count). The number of nitrogens with zero attached hydrogens (tertiary/aromatic N) is 3. The topological polar surface area (TPSA) is 64.5 Å². The van der Waals surface area contributed by atoms with E-state index >= 15 is 0 Å². The Morgan fingerprint density at radius 3 is 2.42 bits per heavy atom. The Labute approximate surface area is 155 Å². The summed E-state index contributed by atoms with van der Waals surface area (Å²) in [5, 5.41) is 1.10. The highest BCUT2D eigenvalue weighted by Crippen LogP contribution is 2.49. The molecule has 1 fully saturated rings. The highest BCUT2D eigenvalue weighted by atomic mass is 31.2. The predicted molar refractivity (Wildman–Crippen MR) is 105 cm³/mol. The first kappa shape index (κ1) is 19.3. The molecule has 0 atom stereocenters. The summed E-state index contributed by atoms with van der Waals surface area (Å²) in [7, 11) is -2.94. The molecule has 1 saturated heterocycles. The Morgan fingerprint density at radius 1 is 1.12 bits per heavy atom. The lowest BCUT2D eigenvalue weighted by Crippen LogP contribution is -2.47. The number of hydrogen-bond acceptors (Lipinski definition) is 6. The molecule has 7 heteroatoms. The van der Waals surface area contributed by atoms with Crippen LogP contribution in [0.15, 0.2) is 18.5 Å². The van der Waals surface area contributed by atoms with Gasteiger partial charge in [0.1, 0.15) is 12.1 Å². The van der Waals surface area contributed by atoms with Crippen LogP contribution < -0.4 is 4.90 Å². The van der Waals surface area contributed by atoms with Gasteiger partial charge in [-0.2, -0.15) is 0 Å². The van der Waals surface area contributed by atoms with Crippen LogP contribution in [0.5, 0.6) is 0 Å².